The molecule has 0 atom stereocenters. The zero-order valence-electron chi connectivity index (χ0n) is 22.7. The molecule has 1 fully saturated rings. The van der Waals surface area contributed by atoms with Gasteiger partial charge >= 0.3 is 0 Å². The number of benzene rings is 2. The predicted molar refractivity (Wildman–Crippen MR) is 96.5 cm³/mol. The zero-order valence-corrected chi connectivity index (χ0v) is 12.7. The molecule has 0 radical (unpaired) electrons. The second kappa shape index (κ2) is 6.42. The Labute approximate surface area is 142 Å². The van der Waals surface area contributed by atoms with Crippen LogP contribution in [-0.4, -0.2) is 23.7 Å². The van der Waals surface area contributed by atoms with Crippen LogP contribution in [0.2, 0.25) is 0 Å². The van der Waals surface area contributed by atoms with Gasteiger partial charge in [-0.15, -0.1) is 0 Å². The molecule has 120 valence electrons. The summed E-state index contributed by atoms with van der Waals surface area (Å²) in [4.78, 5) is 2.58. The highest BCUT2D eigenvalue weighted by atomic mass is 16.5. The van der Waals surface area contributed by atoms with Crippen LogP contribution < -0.4 is 0 Å². The second-order valence-corrected chi connectivity index (χ2v) is 5.90. The lowest BCUT2D eigenvalue weighted by Gasteiger charge is -2.49. The molecule has 1 heterocycles. The SMILES string of the molecule is CCC1(N(Cc2ccccc2)Cc2ccccc2)COC1.[2H][2H].[2H][2H].[2H][2H].[2H][2H].[2H][2H]. The summed E-state index contributed by atoms with van der Waals surface area (Å²) in [6.07, 6.45) is 1.13. The monoisotopic (exact) mass is 301 g/mol. The van der Waals surface area contributed by atoms with Gasteiger partial charge in [-0.3, -0.25) is 4.90 Å². The van der Waals surface area contributed by atoms with Gasteiger partial charge in [0.15, 0.2) is 0 Å². The van der Waals surface area contributed by atoms with Gasteiger partial charge in [-0.1, -0.05) is 67.6 Å². The van der Waals surface area contributed by atoms with E-state index in [0.717, 1.165) is 32.7 Å². The first-order valence-corrected chi connectivity index (χ1v) is 7.73. The molecule has 0 bridgehead atoms. The first kappa shape index (κ1) is 9.39. The highest BCUT2D eigenvalue weighted by Crippen LogP contribution is 2.31. The molecule has 2 heteroatoms. The van der Waals surface area contributed by atoms with E-state index in [0.29, 0.717) is 0 Å². The molecule has 0 unspecified atom stereocenters. The Balaban J connectivity index is -0.000000692. The number of nitrogens with zero attached hydrogens (tertiary/aromatic N) is 1. The van der Waals surface area contributed by atoms with E-state index in [2.05, 4.69) is 72.5 Å². The fourth-order valence-electron chi connectivity index (χ4n) is 2.95. The molecule has 1 aliphatic rings. The lowest BCUT2D eigenvalue weighted by atomic mass is 9.90. The molecule has 2 aromatic carbocycles. The van der Waals surface area contributed by atoms with Gasteiger partial charge in [-0.05, 0) is 17.5 Å². The van der Waals surface area contributed by atoms with E-state index in [1.165, 1.54) is 11.1 Å². The summed E-state index contributed by atoms with van der Waals surface area (Å²) < 4.78 is 55.5. The summed E-state index contributed by atoms with van der Waals surface area (Å²) in [6.45, 7) is 5.93. The van der Waals surface area contributed by atoms with Gasteiger partial charge in [0.1, 0.15) is 0 Å². The average molecular weight is 302 g/mol. The van der Waals surface area contributed by atoms with Crippen LogP contribution in [0, 0.1) is 0 Å². The van der Waals surface area contributed by atoms with Crippen LogP contribution in [-0.2, 0) is 17.8 Å². The van der Waals surface area contributed by atoms with Gasteiger partial charge in [-0.25, -0.2) is 0 Å². The maximum atomic E-state index is 5.54. The maximum Gasteiger partial charge on any atom is 0.0681 e. The molecule has 0 N–H and O–H groups in total. The van der Waals surface area contributed by atoms with Crippen molar-refractivity contribution >= 4 is 0 Å². The van der Waals surface area contributed by atoms with Crippen LogP contribution in [0.3, 0.4) is 0 Å². The average Bonchev–Trinajstić information content (AvgIpc) is 2.86. The minimum absolute atomic E-state index is 0.200. The van der Waals surface area contributed by atoms with Crippen molar-refractivity contribution in [2.45, 2.75) is 32.0 Å². The number of hydrogen-bond acceptors (Lipinski definition) is 2. The molecule has 0 saturated carbocycles. The van der Waals surface area contributed by atoms with Crippen molar-refractivity contribution in [3.05, 3.63) is 71.8 Å². The van der Waals surface area contributed by atoms with E-state index >= 15 is 0 Å². The number of ether oxygens (including phenoxy) is 1. The molecule has 3 rings (SSSR count). The summed E-state index contributed by atoms with van der Waals surface area (Å²) in [5.74, 6) is 0. The Kier molecular flexibility index (Phi) is 2.87. The van der Waals surface area contributed by atoms with Gasteiger partial charge in [0.25, 0.3) is 0 Å². The Morgan fingerprint density at radius 1 is 0.952 bits per heavy atom. The summed E-state index contributed by atoms with van der Waals surface area (Å²) in [5, 5.41) is 0. The van der Waals surface area contributed by atoms with E-state index in [-0.39, 0.29) is 5.54 Å². The van der Waals surface area contributed by atoms with Crippen LogP contribution >= 0.6 is 0 Å². The molecule has 0 spiro atoms. The smallest absolute Gasteiger partial charge is 0.0681 e. The normalized spacial score (nSPS) is 18.6. The largest absolute Gasteiger partial charge is 0.377 e. The van der Waals surface area contributed by atoms with Crippen molar-refractivity contribution in [2.24, 2.45) is 0 Å². The van der Waals surface area contributed by atoms with Crippen molar-refractivity contribution in [3.63, 3.8) is 0 Å². The predicted octanol–water partition coefficient (Wildman–Crippen LogP) is 5.10. The van der Waals surface area contributed by atoms with Gasteiger partial charge < -0.3 is 4.74 Å². The van der Waals surface area contributed by atoms with Gasteiger partial charge in [-0.2, -0.15) is 0 Å². The number of rotatable bonds is 6. The van der Waals surface area contributed by atoms with Crippen LogP contribution in [0.1, 0.15) is 39.3 Å². The summed E-state index contributed by atoms with van der Waals surface area (Å²) in [7, 11) is 0. The Hall–Kier alpha value is -1.64. The molecule has 21 heavy (non-hydrogen) atoms. The highest BCUT2D eigenvalue weighted by molar-refractivity contribution is 5.18. The zero-order chi connectivity index (χ0) is 24.5. The van der Waals surface area contributed by atoms with Gasteiger partial charge in [0.05, 0.1) is 18.8 Å². The summed E-state index contributed by atoms with van der Waals surface area (Å²) >= 11 is 0. The third kappa shape index (κ3) is 3.17. The molecule has 0 aliphatic carbocycles. The van der Waals surface area contributed by atoms with E-state index < -0.39 is 0 Å². The van der Waals surface area contributed by atoms with Crippen LogP contribution in [0.4, 0.5) is 0 Å². The minimum Gasteiger partial charge on any atom is -0.377 e. The summed E-state index contributed by atoms with van der Waals surface area (Å²) in [6, 6.07) is 21.5. The third-order valence-electron chi connectivity index (χ3n) is 4.50. The standard InChI is InChI=1S/C19H23NO.5H2/c1-2-19(15-21-16-19)20(13-17-9-5-3-6-10-17)14-18-11-7-4-8-12-18;;;;;/h3-12H,2,13-16H2,1H3;5*1H/i;5*1+1D. The topological polar surface area (TPSA) is 12.5 Å². The maximum absolute atomic E-state index is 5.54. The molecule has 1 aliphatic heterocycles. The molecular formula is C19H33NO. The quantitative estimate of drug-likeness (QED) is 0.736. The molecule has 2 nitrogen and oxygen atoms in total. The van der Waals surface area contributed by atoms with Gasteiger partial charge in [0.2, 0.25) is 0 Å². The minimum atomic E-state index is 0.200. The van der Waals surface area contributed by atoms with Crippen molar-refractivity contribution < 1.29 is 19.6 Å². The Morgan fingerprint density at radius 3 is 1.76 bits per heavy atom. The molecule has 0 aromatic heterocycles. The van der Waals surface area contributed by atoms with E-state index in [9.17, 15) is 0 Å². The van der Waals surface area contributed by atoms with Crippen molar-refractivity contribution in [2.75, 3.05) is 13.2 Å². The van der Waals surface area contributed by atoms with Crippen LogP contribution in [0.25, 0.3) is 0 Å². The first-order chi connectivity index (χ1) is 15.3. The van der Waals surface area contributed by atoms with Crippen molar-refractivity contribution in [1.29, 1.82) is 0 Å². The lowest BCUT2D eigenvalue weighted by molar-refractivity contribution is -0.149. The fraction of sp³-hybridized carbons (Fsp3) is 0.368. The Bertz CT molecular complexity index is 529. The Morgan fingerprint density at radius 2 is 1.43 bits per heavy atom. The third-order valence-corrected chi connectivity index (χ3v) is 4.50. The van der Waals surface area contributed by atoms with E-state index in [4.69, 9.17) is 19.6 Å². The first-order valence-electron chi connectivity index (χ1n) is 12.7. The van der Waals surface area contributed by atoms with E-state index in [1.807, 2.05) is 0 Å². The fourth-order valence-corrected chi connectivity index (χ4v) is 2.95. The highest BCUT2D eigenvalue weighted by Gasteiger charge is 2.42. The summed E-state index contributed by atoms with van der Waals surface area (Å²) in [5.41, 5.74) is 2.94. The van der Waals surface area contributed by atoms with Gasteiger partial charge in [0, 0.05) is 27.9 Å². The molecule has 0 amide bonds. The van der Waals surface area contributed by atoms with Crippen molar-refractivity contribution in [1.82, 2.24) is 4.90 Å². The molecule has 1 saturated heterocycles. The van der Waals surface area contributed by atoms with E-state index in [1.54, 1.807) is 0 Å². The van der Waals surface area contributed by atoms with Crippen LogP contribution in [0.15, 0.2) is 60.7 Å². The molecular weight excluding hydrogens is 258 g/mol. The van der Waals surface area contributed by atoms with Crippen LogP contribution in [0.5, 0.6) is 0 Å². The second-order valence-electron chi connectivity index (χ2n) is 5.90. The molecule has 2 aromatic rings. The number of hydrogen-bond donors (Lipinski definition) is 0. The van der Waals surface area contributed by atoms with Crippen molar-refractivity contribution in [3.8, 4) is 0 Å². The lowest BCUT2D eigenvalue weighted by Crippen LogP contribution is -2.61.